The highest BCUT2D eigenvalue weighted by molar-refractivity contribution is 6.29. The molecule has 0 radical (unpaired) electrons. The number of benzene rings is 11. The lowest BCUT2D eigenvalue weighted by Crippen LogP contribution is -1.94. The molecule has 250 valence electrons. The smallest absolute Gasteiger partial charge is 0.00197 e. The third-order valence-corrected chi connectivity index (χ3v) is 11.4. The molecule has 0 N–H and O–H groups in total. The Morgan fingerprint density at radius 3 is 1.41 bits per heavy atom. The monoisotopic (exact) mass is 682 g/mol. The summed E-state index contributed by atoms with van der Waals surface area (Å²) in [4.78, 5) is 0. The van der Waals surface area contributed by atoms with E-state index in [1.165, 1.54) is 109 Å². The molecule has 0 aliphatic heterocycles. The molecule has 0 nitrogen and oxygen atoms in total. The standard InChI is InChI=1S/C54H34/c1-3-13-35(14-4-1)40-28-30-48-50(32-40)53(42-25-23-37-17-7-8-19-39(37)31-42)47-29-27-41(36-15-5-2-6-16-36)33-51(47)54(48)49-34-43-26-24-38-18-9-10-20-44(38)52(43)46-22-12-11-21-45(46)49/h1-34H. The second kappa shape index (κ2) is 12.3. The van der Waals surface area contributed by atoms with Crippen molar-refractivity contribution in [2.45, 2.75) is 0 Å². The van der Waals surface area contributed by atoms with Gasteiger partial charge in [-0.3, -0.25) is 0 Å². The van der Waals surface area contributed by atoms with Gasteiger partial charge in [-0.2, -0.15) is 0 Å². The normalized spacial score (nSPS) is 11.7. The molecule has 0 saturated carbocycles. The van der Waals surface area contributed by atoms with Crippen LogP contribution in [0.15, 0.2) is 206 Å². The zero-order valence-corrected chi connectivity index (χ0v) is 29.6. The summed E-state index contributed by atoms with van der Waals surface area (Å²) in [7, 11) is 0. The van der Waals surface area contributed by atoms with Gasteiger partial charge in [-0.05, 0) is 133 Å². The molecule has 0 fully saturated rings. The molecule has 0 unspecified atom stereocenters. The highest BCUT2D eigenvalue weighted by Gasteiger charge is 2.21. The molecule has 0 aliphatic carbocycles. The number of hydrogen-bond donors (Lipinski definition) is 0. The van der Waals surface area contributed by atoms with Gasteiger partial charge >= 0.3 is 0 Å². The first-order valence-electron chi connectivity index (χ1n) is 18.8. The van der Waals surface area contributed by atoms with E-state index in [0.29, 0.717) is 0 Å². The van der Waals surface area contributed by atoms with E-state index in [-0.39, 0.29) is 0 Å². The number of rotatable bonds is 4. The Kier molecular flexibility index (Phi) is 6.97. The first-order valence-corrected chi connectivity index (χ1v) is 18.8. The molecule has 0 bridgehead atoms. The molecule has 0 saturated heterocycles. The summed E-state index contributed by atoms with van der Waals surface area (Å²) < 4.78 is 0. The van der Waals surface area contributed by atoms with Crippen LogP contribution in [0.5, 0.6) is 0 Å². The maximum absolute atomic E-state index is 2.45. The van der Waals surface area contributed by atoms with E-state index in [1.54, 1.807) is 0 Å². The van der Waals surface area contributed by atoms with E-state index in [1.807, 2.05) is 0 Å². The van der Waals surface area contributed by atoms with Crippen LogP contribution in [-0.4, -0.2) is 0 Å². The Hall–Kier alpha value is -7.02. The van der Waals surface area contributed by atoms with Crippen molar-refractivity contribution in [3.8, 4) is 44.5 Å². The van der Waals surface area contributed by atoms with Gasteiger partial charge < -0.3 is 0 Å². The van der Waals surface area contributed by atoms with Crippen LogP contribution in [0.1, 0.15) is 0 Å². The molecule has 11 aromatic carbocycles. The molecule has 11 rings (SSSR count). The Balaban J connectivity index is 1.33. The van der Waals surface area contributed by atoms with Crippen LogP contribution in [0.3, 0.4) is 0 Å². The SMILES string of the molecule is c1ccc(-c2ccc3c(-c4cc5ccc6ccccc6c5c5ccccc45)c4cc(-c5ccccc5)ccc4c(-c4ccc5ccccc5c4)c3c2)cc1. The fourth-order valence-corrected chi connectivity index (χ4v) is 8.88. The Morgan fingerprint density at radius 2 is 0.704 bits per heavy atom. The van der Waals surface area contributed by atoms with Crippen LogP contribution in [0.4, 0.5) is 0 Å². The molecule has 0 heteroatoms. The van der Waals surface area contributed by atoms with Gasteiger partial charge in [0.15, 0.2) is 0 Å². The molecule has 0 atom stereocenters. The molecule has 54 heavy (non-hydrogen) atoms. The second-order valence-electron chi connectivity index (χ2n) is 14.4. The second-order valence-corrected chi connectivity index (χ2v) is 14.4. The Bertz CT molecular complexity index is 3240. The van der Waals surface area contributed by atoms with E-state index in [0.717, 1.165) is 0 Å². The Morgan fingerprint density at radius 1 is 0.204 bits per heavy atom. The van der Waals surface area contributed by atoms with Crippen molar-refractivity contribution in [2.24, 2.45) is 0 Å². The van der Waals surface area contributed by atoms with Crippen molar-refractivity contribution in [1.82, 2.24) is 0 Å². The fraction of sp³-hybridized carbons (Fsp3) is 0. The summed E-state index contributed by atoms with van der Waals surface area (Å²) in [5.74, 6) is 0. The number of hydrogen-bond acceptors (Lipinski definition) is 0. The third kappa shape index (κ3) is 4.85. The topological polar surface area (TPSA) is 0 Å². The van der Waals surface area contributed by atoms with E-state index >= 15 is 0 Å². The average Bonchev–Trinajstić information content (AvgIpc) is 3.25. The van der Waals surface area contributed by atoms with Crippen molar-refractivity contribution in [2.75, 3.05) is 0 Å². The molecule has 0 amide bonds. The molecule has 11 aromatic rings. The van der Waals surface area contributed by atoms with Gasteiger partial charge in [-0.15, -0.1) is 0 Å². The highest BCUT2D eigenvalue weighted by Crippen LogP contribution is 2.49. The van der Waals surface area contributed by atoms with Gasteiger partial charge in [0.2, 0.25) is 0 Å². The predicted molar refractivity (Wildman–Crippen MR) is 233 cm³/mol. The summed E-state index contributed by atoms with van der Waals surface area (Å²) in [5, 5.41) is 15.2. The third-order valence-electron chi connectivity index (χ3n) is 11.4. The van der Waals surface area contributed by atoms with Crippen LogP contribution < -0.4 is 0 Å². The van der Waals surface area contributed by atoms with E-state index in [2.05, 4.69) is 206 Å². The summed E-state index contributed by atoms with van der Waals surface area (Å²) in [6.07, 6.45) is 0. The van der Waals surface area contributed by atoms with Crippen molar-refractivity contribution >= 4 is 64.6 Å². The molecule has 0 spiro atoms. The summed E-state index contributed by atoms with van der Waals surface area (Å²) in [5.41, 5.74) is 9.88. The van der Waals surface area contributed by atoms with E-state index < -0.39 is 0 Å². The maximum atomic E-state index is 2.45. The highest BCUT2D eigenvalue weighted by atomic mass is 14.2. The maximum Gasteiger partial charge on any atom is -0.00197 e. The van der Waals surface area contributed by atoms with Gasteiger partial charge in [-0.1, -0.05) is 182 Å². The van der Waals surface area contributed by atoms with Crippen LogP contribution in [0, 0.1) is 0 Å². The van der Waals surface area contributed by atoms with Crippen molar-refractivity contribution in [3.63, 3.8) is 0 Å². The largest absolute Gasteiger partial charge is 0.0622 e. The molecular formula is C54H34. The summed E-state index contributed by atoms with van der Waals surface area (Å²) >= 11 is 0. The first-order chi connectivity index (χ1) is 26.8. The summed E-state index contributed by atoms with van der Waals surface area (Å²) in [6.45, 7) is 0. The zero-order chi connectivity index (χ0) is 35.6. The van der Waals surface area contributed by atoms with Gasteiger partial charge in [0.25, 0.3) is 0 Å². The minimum absolute atomic E-state index is 1.21. The first kappa shape index (κ1) is 30.6. The van der Waals surface area contributed by atoms with E-state index in [4.69, 9.17) is 0 Å². The zero-order valence-electron chi connectivity index (χ0n) is 29.6. The molecule has 0 heterocycles. The van der Waals surface area contributed by atoms with Gasteiger partial charge in [0.05, 0.1) is 0 Å². The predicted octanol–water partition coefficient (Wildman–Crippen LogP) is 15.3. The van der Waals surface area contributed by atoms with Crippen molar-refractivity contribution in [1.29, 1.82) is 0 Å². The van der Waals surface area contributed by atoms with Gasteiger partial charge in [0.1, 0.15) is 0 Å². The van der Waals surface area contributed by atoms with E-state index in [9.17, 15) is 0 Å². The lowest BCUT2D eigenvalue weighted by atomic mass is 9.81. The molecular weight excluding hydrogens is 649 g/mol. The Labute approximate surface area is 314 Å². The summed E-state index contributed by atoms with van der Waals surface area (Å²) in [6, 6.07) is 76.3. The number of fused-ring (bicyclic) bond motifs is 8. The van der Waals surface area contributed by atoms with Crippen LogP contribution in [0.2, 0.25) is 0 Å². The van der Waals surface area contributed by atoms with Gasteiger partial charge in [0, 0.05) is 0 Å². The molecule has 0 aliphatic rings. The lowest BCUT2D eigenvalue weighted by molar-refractivity contribution is 1.63. The van der Waals surface area contributed by atoms with Crippen LogP contribution in [-0.2, 0) is 0 Å². The van der Waals surface area contributed by atoms with Crippen molar-refractivity contribution < 1.29 is 0 Å². The average molecular weight is 683 g/mol. The van der Waals surface area contributed by atoms with Crippen LogP contribution in [0.25, 0.3) is 109 Å². The van der Waals surface area contributed by atoms with Crippen LogP contribution >= 0.6 is 0 Å². The minimum Gasteiger partial charge on any atom is -0.0622 e. The van der Waals surface area contributed by atoms with Crippen molar-refractivity contribution in [3.05, 3.63) is 206 Å². The van der Waals surface area contributed by atoms with Gasteiger partial charge in [-0.25, -0.2) is 0 Å². The minimum atomic E-state index is 1.21. The quantitative estimate of drug-likeness (QED) is 0.128. The lowest BCUT2D eigenvalue weighted by Gasteiger charge is -2.21. The molecule has 0 aromatic heterocycles. The fourth-order valence-electron chi connectivity index (χ4n) is 8.88.